The van der Waals surface area contributed by atoms with Crippen LogP contribution >= 0.6 is 0 Å². The number of hydrogen-bond donors (Lipinski definition) is 6. The summed E-state index contributed by atoms with van der Waals surface area (Å²) in [6.45, 7) is 12.9. The Labute approximate surface area is 804 Å². The number of unbranched alkanes of at least 4 members (excludes halogenated alkanes) is 9. The third kappa shape index (κ3) is 40.1. The lowest BCUT2D eigenvalue weighted by Crippen LogP contribution is -2.66. The topological polar surface area (TPSA) is 526 Å². The van der Waals surface area contributed by atoms with Gasteiger partial charge in [-0.25, -0.2) is 0 Å². The van der Waals surface area contributed by atoms with Crippen LogP contribution < -0.4 is 36.1 Å². The van der Waals surface area contributed by atoms with Crippen LogP contribution in [0.25, 0.3) is 0 Å². The second kappa shape index (κ2) is 61.0. The van der Waals surface area contributed by atoms with E-state index in [1.807, 2.05) is 54.6 Å². The minimum Gasteiger partial charge on any atom is -0.497 e. The molecule has 0 radical (unpaired) electrons. The fourth-order valence-corrected chi connectivity index (χ4v) is 16.1. The molecule has 16 atom stereocenters. The summed E-state index contributed by atoms with van der Waals surface area (Å²) in [5.74, 6) is -8.57. The molecule has 7 amide bonds. The number of ether oxygens (including phenoxy) is 18. The van der Waals surface area contributed by atoms with Crippen molar-refractivity contribution in [1.82, 2.24) is 36.4 Å². The molecule has 138 heavy (non-hydrogen) atoms. The summed E-state index contributed by atoms with van der Waals surface area (Å²) in [4.78, 5) is 207. The molecule has 42 nitrogen and oxygen atoms in total. The van der Waals surface area contributed by atoms with Crippen molar-refractivity contribution in [2.24, 2.45) is 0 Å². The summed E-state index contributed by atoms with van der Waals surface area (Å²) in [6, 6.07) is 20.2. The summed E-state index contributed by atoms with van der Waals surface area (Å²) in [5.41, 5.74) is 0.480. The number of carbonyl (C=O) groups excluding carboxylic acids is 16. The second-order valence-corrected chi connectivity index (χ2v) is 33.6. The minimum absolute atomic E-state index is 0.000895. The summed E-state index contributed by atoms with van der Waals surface area (Å²) < 4.78 is 104. The number of nitrogens with one attached hydrogen (secondary N) is 5. The van der Waals surface area contributed by atoms with Gasteiger partial charge in [-0.1, -0.05) is 93.1 Å². The number of aliphatic hydroxyl groups excluding tert-OH is 1. The lowest BCUT2D eigenvalue weighted by atomic mass is 9.80. The molecule has 3 aromatic carbocycles. The molecule has 0 saturated carbocycles. The maximum absolute atomic E-state index is 15.2. The molecule has 6 N–H and O–H groups in total. The van der Waals surface area contributed by atoms with Gasteiger partial charge in [0, 0.05) is 161 Å². The van der Waals surface area contributed by atoms with Crippen LogP contribution in [0.2, 0.25) is 0 Å². The number of esters is 9. The largest absolute Gasteiger partial charge is 0.497 e. The SMILES string of the molecule is COc1ccc(C(OCC(O)C(=O)N(CCCNC(=O)CCCCCCO[C@@H]2OC(COC(C)=O)[C@H](OC(C)=O)[C@H](OC(C)=O)C2NC(C)=O)CCCN(CCCNC(=O)CCCCCCO[C@@H]2OC(COC(C)=O)[C@H](OC(C)=O)[C@H](OC(C)=O)C2NC(C)=O)C(=O)CCCCCCO[C@@H]2OC(COC(C)=O)[C@H](OC(C)=O)[C@H](OC(C)=O)C2NC(C)=O)(c2ccccc2)c2ccc(OC)cc2)cc1. The van der Waals surface area contributed by atoms with Gasteiger partial charge in [0.2, 0.25) is 35.4 Å². The van der Waals surface area contributed by atoms with E-state index >= 15 is 4.79 Å². The maximum atomic E-state index is 15.2. The smallest absolute Gasteiger partial charge is 0.303 e. The predicted molar refractivity (Wildman–Crippen MR) is 486 cm³/mol. The van der Waals surface area contributed by atoms with Crippen molar-refractivity contribution in [3.05, 3.63) is 95.6 Å². The van der Waals surface area contributed by atoms with E-state index in [-0.39, 0.29) is 109 Å². The number of hydrogen-bond acceptors (Lipinski definition) is 35. The molecule has 3 fully saturated rings. The lowest BCUT2D eigenvalue weighted by molar-refractivity contribution is -0.277. The summed E-state index contributed by atoms with van der Waals surface area (Å²) >= 11 is 0. The van der Waals surface area contributed by atoms with Gasteiger partial charge in [-0.15, -0.1) is 0 Å². The molecular weight excluding hydrogens is 1810 g/mol. The van der Waals surface area contributed by atoms with E-state index in [1.165, 1.54) is 39.5 Å². The molecule has 0 bridgehead atoms. The zero-order chi connectivity index (χ0) is 101. The Morgan fingerprint density at radius 1 is 0.355 bits per heavy atom. The lowest BCUT2D eigenvalue weighted by Gasteiger charge is -2.44. The Kier molecular flexibility index (Phi) is 50.9. The first kappa shape index (κ1) is 115. The highest BCUT2D eigenvalue weighted by molar-refractivity contribution is 5.81. The van der Waals surface area contributed by atoms with Crippen molar-refractivity contribution in [1.29, 1.82) is 0 Å². The Morgan fingerprint density at radius 2 is 0.659 bits per heavy atom. The number of aliphatic hydroxyl groups is 1. The van der Waals surface area contributed by atoms with Crippen LogP contribution in [0, 0.1) is 0 Å². The standard InChI is InChI=1S/C96H139N7O35/c1-59(104)99-83-89(133-68(10)113)86(130-65(7)110)77(56-126-62(4)107)136-93(83)123-52-27-18-15-24-35-80(117)97-46-30-48-102(82(119)37-26-17-20-29-54-125-95-85(101-61(3)106)91(135-70(12)115)88(132-67(9)112)79(138-95)58-128-64(6)109)50-32-51-103(92(120)76(116)55-129-96(71-33-22-21-23-34-71,72-38-42-74(121-13)43-39-72)73-40-44-75(122-14)45-41-73)49-31-47-98-81(118)36-25-16-19-28-53-124-94-84(100-60(2)105)90(134-69(11)114)87(131-66(8)111)78(137-94)57-127-63(5)108/h21-23,33-34,38-45,76-79,83-91,93-95,116H,15-20,24-32,35-37,46-58H2,1-14H3,(H,97,117)(H,98,118)(H,99,104)(H,100,105)(H,101,106)/t76?,77?,78?,79?,83?,84?,85?,86-,87-,88-,89+,90+,91+,93+,94+,95+/m0/s1. The van der Waals surface area contributed by atoms with Gasteiger partial charge in [-0.2, -0.15) is 0 Å². The summed E-state index contributed by atoms with van der Waals surface area (Å²) in [5, 5.41) is 26.3. The minimum atomic E-state index is -1.78. The van der Waals surface area contributed by atoms with Crippen molar-refractivity contribution < 1.29 is 167 Å². The number of carbonyl (C=O) groups is 16. The highest BCUT2D eigenvalue weighted by Gasteiger charge is 2.55. The fraction of sp³-hybridized carbons (Fsp3) is 0.646. The zero-order valence-corrected chi connectivity index (χ0v) is 81.4. The van der Waals surface area contributed by atoms with Gasteiger partial charge in [0.25, 0.3) is 5.91 Å². The van der Waals surface area contributed by atoms with E-state index in [4.69, 9.17) is 85.3 Å². The van der Waals surface area contributed by atoms with Crippen LogP contribution in [0.1, 0.15) is 215 Å². The van der Waals surface area contributed by atoms with Crippen molar-refractivity contribution >= 4 is 95.1 Å². The molecule has 0 aliphatic carbocycles. The quantitative estimate of drug-likeness (QED) is 0.0181. The Morgan fingerprint density at radius 3 is 0.986 bits per heavy atom. The summed E-state index contributed by atoms with van der Waals surface area (Å²) in [7, 11) is 3.08. The van der Waals surface area contributed by atoms with E-state index < -0.39 is 207 Å². The van der Waals surface area contributed by atoms with Crippen LogP contribution in [0.15, 0.2) is 78.9 Å². The molecule has 3 saturated heterocycles. The van der Waals surface area contributed by atoms with E-state index in [9.17, 15) is 77.0 Å². The molecule has 42 heteroatoms. The predicted octanol–water partition coefficient (Wildman–Crippen LogP) is 5.30. The van der Waals surface area contributed by atoms with E-state index in [2.05, 4.69) is 26.6 Å². The van der Waals surface area contributed by atoms with Crippen LogP contribution in [0.3, 0.4) is 0 Å². The highest BCUT2D eigenvalue weighted by atomic mass is 16.7. The van der Waals surface area contributed by atoms with Gasteiger partial charge in [-0.3, -0.25) is 76.7 Å². The van der Waals surface area contributed by atoms with Crippen molar-refractivity contribution in [3.8, 4) is 11.5 Å². The Hall–Kier alpha value is -11.5. The maximum Gasteiger partial charge on any atom is 0.303 e. The van der Waals surface area contributed by atoms with E-state index in [1.54, 1.807) is 43.4 Å². The highest BCUT2D eigenvalue weighted by Crippen LogP contribution is 2.43. The van der Waals surface area contributed by atoms with Gasteiger partial charge < -0.3 is 127 Å². The number of methoxy groups -OCH3 is 2. The van der Waals surface area contributed by atoms with Crippen molar-refractivity contribution in [3.63, 3.8) is 0 Å². The molecule has 3 aromatic rings. The molecule has 7 unspecified atom stereocenters. The molecule has 0 aromatic heterocycles. The first-order valence-electron chi connectivity index (χ1n) is 46.7. The van der Waals surface area contributed by atoms with Crippen molar-refractivity contribution in [2.45, 2.75) is 302 Å². The molecular formula is C96H139N7O35. The van der Waals surface area contributed by atoms with Crippen LogP contribution in [0.4, 0.5) is 0 Å². The summed E-state index contributed by atoms with van der Waals surface area (Å²) in [6.07, 6.45) is -9.92. The van der Waals surface area contributed by atoms with Crippen LogP contribution in [-0.4, -0.2) is 308 Å². The van der Waals surface area contributed by atoms with Gasteiger partial charge in [0.05, 0.1) is 20.8 Å². The van der Waals surface area contributed by atoms with Crippen LogP contribution in [-0.2, 0) is 158 Å². The fourth-order valence-electron chi connectivity index (χ4n) is 16.1. The zero-order valence-electron chi connectivity index (χ0n) is 81.4. The Balaban J connectivity index is 1.17. The number of rotatable bonds is 60. The van der Waals surface area contributed by atoms with E-state index in [0.717, 1.165) is 48.5 Å². The first-order chi connectivity index (χ1) is 65.8. The van der Waals surface area contributed by atoms with Crippen molar-refractivity contribution in [2.75, 3.05) is 99.7 Å². The second-order valence-electron chi connectivity index (χ2n) is 33.6. The van der Waals surface area contributed by atoms with Gasteiger partial charge in [0.15, 0.2) is 61.6 Å². The molecule has 768 valence electrons. The number of nitrogens with zero attached hydrogens (tertiary/aromatic N) is 2. The molecule has 3 heterocycles. The normalized spacial score (nSPS) is 21.3. The molecule has 0 spiro atoms. The third-order valence-corrected chi connectivity index (χ3v) is 22.2. The molecule has 3 aliphatic rings. The first-order valence-corrected chi connectivity index (χ1v) is 46.7. The third-order valence-electron chi connectivity index (χ3n) is 22.2. The van der Waals surface area contributed by atoms with E-state index in [0.29, 0.717) is 112 Å². The number of benzene rings is 3. The monoisotopic (exact) mass is 1950 g/mol. The van der Waals surface area contributed by atoms with Crippen LogP contribution in [0.5, 0.6) is 11.5 Å². The van der Waals surface area contributed by atoms with Gasteiger partial charge >= 0.3 is 53.7 Å². The molecule has 3 aliphatic heterocycles. The molecule has 6 rings (SSSR count). The average molecular weight is 1950 g/mol. The number of amides is 7. The average Bonchev–Trinajstić information content (AvgIpc) is 0.747. The Bertz CT molecular complexity index is 4350. The van der Waals surface area contributed by atoms with Gasteiger partial charge in [0.1, 0.15) is 73.4 Å². The van der Waals surface area contributed by atoms with Gasteiger partial charge in [-0.05, 0) is 98.7 Å².